The number of benzene rings is 1. The van der Waals surface area contributed by atoms with Gasteiger partial charge in [-0.05, 0) is 49.9 Å². The predicted molar refractivity (Wildman–Crippen MR) is 84.9 cm³/mol. The highest BCUT2D eigenvalue weighted by Crippen LogP contribution is 2.32. The van der Waals surface area contributed by atoms with Gasteiger partial charge in [-0.1, -0.05) is 44.0 Å². The van der Waals surface area contributed by atoms with Gasteiger partial charge in [0.05, 0.1) is 0 Å². The molecule has 1 heterocycles. The third-order valence-electron chi connectivity index (χ3n) is 5.13. The molecular weight excluding hydrogens is 244 g/mol. The van der Waals surface area contributed by atoms with Crippen molar-refractivity contribution in [2.75, 3.05) is 19.6 Å². The SMILES string of the molecule is CCc1ccccc1CN1CCCNC2(CCCC2)C1. The molecule has 2 nitrogen and oxygen atoms in total. The van der Waals surface area contributed by atoms with Gasteiger partial charge >= 0.3 is 0 Å². The van der Waals surface area contributed by atoms with Crippen molar-refractivity contribution in [2.24, 2.45) is 0 Å². The van der Waals surface area contributed by atoms with Crippen LogP contribution in [0.1, 0.15) is 50.2 Å². The van der Waals surface area contributed by atoms with Crippen molar-refractivity contribution < 1.29 is 0 Å². The van der Waals surface area contributed by atoms with Crippen molar-refractivity contribution >= 4 is 0 Å². The zero-order valence-electron chi connectivity index (χ0n) is 12.8. The third-order valence-corrected chi connectivity index (χ3v) is 5.13. The van der Waals surface area contributed by atoms with Gasteiger partial charge in [0.2, 0.25) is 0 Å². The summed E-state index contributed by atoms with van der Waals surface area (Å²) in [6, 6.07) is 8.97. The monoisotopic (exact) mass is 272 g/mol. The van der Waals surface area contributed by atoms with Crippen LogP contribution in [-0.4, -0.2) is 30.1 Å². The lowest BCUT2D eigenvalue weighted by Gasteiger charge is -2.33. The van der Waals surface area contributed by atoms with E-state index in [2.05, 4.69) is 41.4 Å². The van der Waals surface area contributed by atoms with Gasteiger partial charge in [0, 0.05) is 18.6 Å². The Morgan fingerprint density at radius 2 is 1.85 bits per heavy atom. The summed E-state index contributed by atoms with van der Waals surface area (Å²) in [5.74, 6) is 0. The number of aryl methyl sites for hydroxylation is 1. The van der Waals surface area contributed by atoms with E-state index in [0.29, 0.717) is 5.54 Å². The Bertz CT molecular complexity index is 435. The fourth-order valence-electron chi connectivity index (χ4n) is 4.04. The van der Waals surface area contributed by atoms with Crippen LogP contribution in [-0.2, 0) is 13.0 Å². The summed E-state index contributed by atoms with van der Waals surface area (Å²) in [5, 5.41) is 3.86. The Morgan fingerprint density at radius 1 is 1.10 bits per heavy atom. The largest absolute Gasteiger partial charge is 0.310 e. The highest BCUT2D eigenvalue weighted by Gasteiger charge is 2.36. The van der Waals surface area contributed by atoms with Crippen LogP contribution in [0.4, 0.5) is 0 Å². The van der Waals surface area contributed by atoms with E-state index in [0.717, 1.165) is 13.0 Å². The average molecular weight is 272 g/mol. The minimum absolute atomic E-state index is 0.428. The Morgan fingerprint density at radius 3 is 2.60 bits per heavy atom. The van der Waals surface area contributed by atoms with E-state index in [1.807, 2.05) is 0 Å². The van der Waals surface area contributed by atoms with Gasteiger partial charge < -0.3 is 5.32 Å². The van der Waals surface area contributed by atoms with Crippen LogP contribution in [0.15, 0.2) is 24.3 Å². The van der Waals surface area contributed by atoms with Crippen molar-refractivity contribution in [1.29, 1.82) is 0 Å². The molecule has 2 aliphatic rings. The van der Waals surface area contributed by atoms with Crippen LogP contribution >= 0.6 is 0 Å². The van der Waals surface area contributed by atoms with E-state index in [4.69, 9.17) is 0 Å². The molecule has 1 aliphatic heterocycles. The minimum Gasteiger partial charge on any atom is -0.310 e. The lowest BCUT2D eigenvalue weighted by molar-refractivity contribution is 0.203. The quantitative estimate of drug-likeness (QED) is 0.907. The molecule has 1 N–H and O–H groups in total. The molecule has 1 aromatic carbocycles. The molecule has 1 saturated carbocycles. The van der Waals surface area contributed by atoms with Crippen LogP contribution in [0.5, 0.6) is 0 Å². The smallest absolute Gasteiger partial charge is 0.0308 e. The standard InChI is InChI=1S/C18H28N2/c1-2-16-8-3-4-9-17(16)14-20-13-7-12-19-18(15-20)10-5-6-11-18/h3-4,8-9,19H,2,5-7,10-15H2,1H3. The molecule has 1 saturated heterocycles. The Hall–Kier alpha value is -0.860. The lowest BCUT2D eigenvalue weighted by atomic mass is 9.96. The van der Waals surface area contributed by atoms with Gasteiger partial charge in [-0.15, -0.1) is 0 Å². The number of rotatable bonds is 3. The third kappa shape index (κ3) is 3.07. The molecule has 0 radical (unpaired) electrons. The molecule has 0 unspecified atom stereocenters. The van der Waals surface area contributed by atoms with Crippen molar-refractivity contribution in [3.8, 4) is 0 Å². The van der Waals surface area contributed by atoms with Gasteiger partial charge in [0.1, 0.15) is 0 Å². The topological polar surface area (TPSA) is 15.3 Å². The van der Waals surface area contributed by atoms with Crippen molar-refractivity contribution in [3.05, 3.63) is 35.4 Å². The maximum Gasteiger partial charge on any atom is 0.0308 e. The first-order valence-corrected chi connectivity index (χ1v) is 8.35. The van der Waals surface area contributed by atoms with E-state index < -0.39 is 0 Å². The maximum absolute atomic E-state index is 3.86. The second kappa shape index (κ2) is 6.28. The molecule has 2 heteroatoms. The van der Waals surface area contributed by atoms with Gasteiger partial charge in [-0.3, -0.25) is 4.90 Å². The van der Waals surface area contributed by atoms with Gasteiger partial charge in [0.25, 0.3) is 0 Å². The Balaban J connectivity index is 1.72. The van der Waals surface area contributed by atoms with E-state index in [1.54, 1.807) is 0 Å². The summed E-state index contributed by atoms with van der Waals surface area (Å²) in [5.41, 5.74) is 3.48. The average Bonchev–Trinajstić information content (AvgIpc) is 2.82. The van der Waals surface area contributed by atoms with E-state index in [-0.39, 0.29) is 0 Å². The first-order valence-electron chi connectivity index (χ1n) is 8.35. The Kier molecular flexibility index (Phi) is 4.42. The zero-order valence-corrected chi connectivity index (χ0v) is 12.8. The van der Waals surface area contributed by atoms with Crippen molar-refractivity contribution in [1.82, 2.24) is 10.2 Å². The molecule has 0 aromatic heterocycles. The molecule has 0 bridgehead atoms. The molecule has 1 aliphatic carbocycles. The maximum atomic E-state index is 3.86. The van der Waals surface area contributed by atoms with Gasteiger partial charge in [0.15, 0.2) is 0 Å². The normalized spacial score (nSPS) is 23.1. The summed E-state index contributed by atoms with van der Waals surface area (Å²) in [6.45, 7) is 7.08. The summed E-state index contributed by atoms with van der Waals surface area (Å²) >= 11 is 0. The van der Waals surface area contributed by atoms with Crippen molar-refractivity contribution in [2.45, 2.75) is 57.5 Å². The Labute approximate surface area is 123 Å². The molecular formula is C18H28N2. The minimum atomic E-state index is 0.428. The summed E-state index contributed by atoms with van der Waals surface area (Å²) in [4.78, 5) is 2.69. The van der Waals surface area contributed by atoms with Gasteiger partial charge in [-0.2, -0.15) is 0 Å². The van der Waals surface area contributed by atoms with Crippen LogP contribution < -0.4 is 5.32 Å². The second-order valence-electron chi connectivity index (χ2n) is 6.60. The van der Waals surface area contributed by atoms with E-state index in [1.165, 1.54) is 62.9 Å². The fraction of sp³-hybridized carbons (Fsp3) is 0.667. The number of hydrogen-bond donors (Lipinski definition) is 1. The van der Waals surface area contributed by atoms with Crippen LogP contribution in [0.3, 0.4) is 0 Å². The molecule has 1 aromatic rings. The molecule has 110 valence electrons. The number of nitrogens with zero attached hydrogens (tertiary/aromatic N) is 1. The molecule has 1 spiro atoms. The second-order valence-corrected chi connectivity index (χ2v) is 6.60. The zero-order chi connectivity index (χ0) is 13.8. The first kappa shape index (κ1) is 14.1. The van der Waals surface area contributed by atoms with Crippen LogP contribution in [0.25, 0.3) is 0 Å². The molecule has 20 heavy (non-hydrogen) atoms. The van der Waals surface area contributed by atoms with Crippen LogP contribution in [0, 0.1) is 0 Å². The van der Waals surface area contributed by atoms with E-state index in [9.17, 15) is 0 Å². The molecule has 2 fully saturated rings. The highest BCUT2D eigenvalue weighted by molar-refractivity contribution is 5.27. The number of nitrogens with one attached hydrogen (secondary N) is 1. The molecule has 3 rings (SSSR count). The fourth-order valence-corrected chi connectivity index (χ4v) is 4.04. The van der Waals surface area contributed by atoms with Crippen molar-refractivity contribution in [3.63, 3.8) is 0 Å². The van der Waals surface area contributed by atoms with Crippen LogP contribution in [0.2, 0.25) is 0 Å². The highest BCUT2D eigenvalue weighted by atomic mass is 15.2. The summed E-state index contributed by atoms with van der Waals surface area (Å²) in [7, 11) is 0. The van der Waals surface area contributed by atoms with Gasteiger partial charge in [-0.25, -0.2) is 0 Å². The number of hydrogen-bond acceptors (Lipinski definition) is 2. The first-order chi connectivity index (χ1) is 9.81. The lowest BCUT2D eigenvalue weighted by Crippen LogP contribution is -2.49. The van der Waals surface area contributed by atoms with E-state index >= 15 is 0 Å². The molecule has 0 amide bonds. The summed E-state index contributed by atoms with van der Waals surface area (Å²) < 4.78 is 0. The molecule has 0 atom stereocenters. The predicted octanol–water partition coefficient (Wildman–Crippen LogP) is 3.36. The summed E-state index contributed by atoms with van der Waals surface area (Å²) in [6.07, 6.45) is 8.00.